The minimum atomic E-state index is -2.89. The van der Waals surface area contributed by atoms with E-state index in [1.54, 1.807) is 6.20 Å². The molecule has 1 aliphatic heterocycles. The molecule has 1 aromatic heterocycles. The van der Waals surface area contributed by atoms with Gasteiger partial charge in [-0.25, -0.2) is 8.42 Å². The smallest absolute Gasteiger partial charge is 0.155 e. The van der Waals surface area contributed by atoms with Crippen LogP contribution in [0.2, 0.25) is 5.02 Å². The van der Waals surface area contributed by atoms with Gasteiger partial charge >= 0.3 is 0 Å². The van der Waals surface area contributed by atoms with Gasteiger partial charge in [-0.05, 0) is 25.0 Å². The third kappa shape index (κ3) is 2.51. The normalized spacial score (nSPS) is 30.2. The molecule has 0 radical (unpaired) electrons. The van der Waals surface area contributed by atoms with Crippen molar-refractivity contribution in [1.29, 1.82) is 0 Å². The van der Waals surface area contributed by atoms with Gasteiger partial charge in [0.25, 0.3) is 0 Å². The second kappa shape index (κ2) is 5.04. The highest BCUT2D eigenvalue weighted by Crippen LogP contribution is 2.34. The van der Waals surface area contributed by atoms with Gasteiger partial charge in [-0.2, -0.15) is 0 Å². The lowest BCUT2D eigenvalue weighted by Crippen LogP contribution is -2.51. The molecule has 0 bridgehead atoms. The molecule has 0 amide bonds. The molecular formula is C13H17ClN2O2S. The van der Waals surface area contributed by atoms with E-state index in [0.29, 0.717) is 18.1 Å². The number of hydrogen-bond acceptors (Lipinski definition) is 4. The Bertz CT molecular complexity index is 576. The van der Waals surface area contributed by atoms with E-state index in [0.717, 1.165) is 25.0 Å². The monoisotopic (exact) mass is 300 g/mol. The first-order valence-corrected chi connectivity index (χ1v) is 8.72. The summed E-state index contributed by atoms with van der Waals surface area (Å²) in [7, 11) is -2.89. The summed E-state index contributed by atoms with van der Waals surface area (Å²) in [5.74, 6) is 0.263. The summed E-state index contributed by atoms with van der Waals surface area (Å²) in [6.45, 7) is 1.24. The summed E-state index contributed by atoms with van der Waals surface area (Å²) in [6.07, 6.45) is 4.50. The van der Waals surface area contributed by atoms with Crippen LogP contribution < -0.4 is 0 Å². The number of sulfone groups is 1. The Hall–Kier alpha value is -0.650. The van der Waals surface area contributed by atoms with Gasteiger partial charge in [-0.15, -0.1) is 0 Å². The fourth-order valence-corrected chi connectivity index (χ4v) is 5.51. The van der Waals surface area contributed by atoms with Crippen LogP contribution in [0.4, 0.5) is 0 Å². The average Bonchev–Trinajstić information content (AvgIpc) is 2.86. The third-order valence-corrected chi connectivity index (χ3v) is 6.77. The zero-order valence-electron chi connectivity index (χ0n) is 10.6. The van der Waals surface area contributed by atoms with Gasteiger partial charge in [0, 0.05) is 25.3 Å². The minimum absolute atomic E-state index is 0.150. The molecule has 3 rings (SSSR count). The van der Waals surface area contributed by atoms with E-state index in [2.05, 4.69) is 9.88 Å². The number of hydrogen-bond donors (Lipinski definition) is 0. The molecule has 0 N–H and O–H groups in total. The molecule has 2 unspecified atom stereocenters. The van der Waals surface area contributed by atoms with Crippen LogP contribution in [0.15, 0.2) is 18.3 Å². The van der Waals surface area contributed by atoms with Crippen LogP contribution in [0.25, 0.3) is 0 Å². The molecule has 0 aromatic carbocycles. The van der Waals surface area contributed by atoms with E-state index in [9.17, 15) is 8.42 Å². The molecule has 4 nitrogen and oxygen atoms in total. The Kier molecular flexibility index (Phi) is 3.53. The summed E-state index contributed by atoms with van der Waals surface area (Å²) in [6, 6.07) is 3.79. The first kappa shape index (κ1) is 13.3. The van der Waals surface area contributed by atoms with Gasteiger partial charge in [-0.3, -0.25) is 9.88 Å². The zero-order chi connectivity index (χ0) is 13.5. The highest BCUT2D eigenvalue weighted by Gasteiger charge is 2.44. The number of pyridine rings is 1. The van der Waals surface area contributed by atoms with E-state index >= 15 is 0 Å². The van der Waals surface area contributed by atoms with Crippen molar-refractivity contribution in [2.45, 2.75) is 37.1 Å². The molecule has 0 spiro atoms. The number of aromatic nitrogens is 1. The SMILES string of the molecule is O=S1(=O)CCN(Cc2ncccc2Cl)C2CCCC21. The Morgan fingerprint density at radius 3 is 3.05 bits per heavy atom. The lowest BCUT2D eigenvalue weighted by molar-refractivity contribution is 0.190. The Morgan fingerprint density at radius 1 is 1.42 bits per heavy atom. The van der Waals surface area contributed by atoms with Crippen molar-refractivity contribution in [2.24, 2.45) is 0 Å². The van der Waals surface area contributed by atoms with Crippen molar-refractivity contribution >= 4 is 21.4 Å². The van der Waals surface area contributed by atoms with Crippen molar-refractivity contribution in [2.75, 3.05) is 12.3 Å². The number of rotatable bonds is 2. The van der Waals surface area contributed by atoms with E-state index in [1.165, 1.54) is 0 Å². The zero-order valence-corrected chi connectivity index (χ0v) is 12.2. The molecule has 104 valence electrons. The second-order valence-corrected chi connectivity index (χ2v) is 8.05. The van der Waals surface area contributed by atoms with Crippen LogP contribution in [-0.2, 0) is 16.4 Å². The fourth-order valence-electron chi connectivity index (χ4n) is 3.23. The van der Waals surface area contributed by atoms with Gasteiger partial charge in [0.05, 0.1) is 21.7 Å². The molecular weight excluding hydrogens is 284 g/mol. The van der Waals surface area contributed by atoms with E-state index in [-0.39, 0.29) is 17.0 Å². The summed E-state index contributed by atoms with van der Waals surface area (Å²) >= 11 is 6.14. The minimum Gasteiger partial charge on any atom is -0.292 e. The van der Waals surface area contributed by atoms with Crippen molar-refractivity contribution in [3.63, 3.8) is 0 Å². The number of fused-ring (bicyclic) bond motifs is 1. The maximum absolute atomic E-state index is 12.1. The molecule has 1 aromatic rings. The van der Waals surface area contributed by atoms with Gasteiger partial charge < -0.3 is 0 Å². The Balaban J connectivity index is 1.81. The molecule has 2 atom stereocenters. The first-order valence-electron chi connectivity index (χ1n) is 6.63. The quantitative estimate of drug-likeness (QED) is 0.837. The molecule has 19 heavy (non-hydrogen) atoms. The summed E-state index contributed by atoms with van der Waals surface area (Å²) < 4.78 is 24.1. The van der Waals surface area contributed by atoms with E-state index in [4.69, 9.17) is 11.6 Å². The van der Waals surface area contributed by atoms with Crippen LogP contribution in [0.1, 0.15) is 25.0 Å². The van der Waals surface area contributed by atoms with Gasteiger partial charge in [0.2, 0.25) is 0 Å². The molecule has 6 heteroatoms. The molecule has 1 saturated carbocycles. The molecule has 2 aliphatic rings. The van der Waals surface area contributed by atoms with Crippen molar-refractivity contribution in [1.82, 2.24) is 9.88 Å². The van der Waals surface area contributed by atoms with Crippen LogP contribution in [0.5, 0.6) is 0 Å². The third-order valence-electron chi connectivity index (χ3n) is 4.20. The average molecular weight is 301 g/mol. The second-order valence-electron chi connectivity index (χ2n) is 5.31. The summed E-state index contributed by atoms with van der Waals surface area (Å²) in [5, 5.41) is 0.481. The lowest BCUT2D eigenvalue weighted by Gasteiger charge is -2.37. The van der Waals surface area contributed by atoms with Gasteiger partial charge in [0.1, 0.15) is 0 Å². The topological polar surface area (TPSA) is 50.3 Å². The largest absolute Gasteiger partial charge is 0.292 e. The number of nitrogens with zero attached hydrogens (tertiary/aromatic N) is 2. The first-order chi connectivity index (χ1) is 9.08. The van der Waals surface area contributed by atoms with Crippen LogP contribution >= 0.6 is 11.6 Å². The van der Waals surface area contributed by atoms with Gasteiger partial charge in [-0.1, -0.05) is 18.0 Å². The molecule has 1 aliphatic carbocycles. The van der Waals surface area contributed by atoms with Crippen molar-refractivity contribution in [3.8, 4) is 0 Å². The van der Waals surface area contributed by atoms with Gasteiger partial charge in [0.15, 0.2) is 9.84 Å². The predicted octanol–water partition coefficient (Wildman–Crippen LogP) is 1.89. The molecule has 2 heterocycles. The van der Waals surface area contributed by atoms with E-state index < -0.39 is 9.84 Å². The van der Waals surface area contributed by atoms with Crippen molar-refractivity contribution in [3.05, 3.63) is 29.0 Å². The maximum Gasteiger partial charge on any atom is 0.155 e. The Labute approximate surface area is 118 Å². The summed E-state index contributed by atoms with van der Waals surface area (Å²) in [4.78, 5) is 6.54. The lowest BCUT2D eigenvalue weighted by atomic mass is 10.2. The van der Waals surface area contributed by atoms with Crippen LogP contribution in [-0.4, -0.2) is 41.9 Å². The highest BCUT2D eigenvalue weighted by atomic mass is 35.5. The van der Waals surface area contributed by atoms with Crippen LogP contribution in [0.3, 0.4) is 0 Å². The molecule has 1 saturated heterocycles. The van der Waals surface area contributed by atoms with E-state index in [1.807, 2.05) is 12.1 Å². The summed E-state index contributed by atoms with van der Waals surface area (Å²) in [5.41, 5.74) is 0.842. The highest BCUT2D eigenvalue weighted by molar-refractivity contribution is 7.92. The maximum atomic E-state index is 12.1. The fraction of sp³-hybridized carbons (Fsp3) is 0.615. The Morgan fingerprint density at radius 2 is 2.26 bits per heavy atom. The number of halogens is 1. The van der Waals surface area contributed by atoms with Crippen LogP contribution in [0, 0.1) is 0 Å². The predicted molar refractivity (Wildman–Crippen MR) is 74.9 cm³/mol. The van der Waals surface area contributed by atoms with Crippen molar-refractivity contribution < 1.29 is 8.42 Å². The molecule has 2 fully saturated rings. The standard InChI is InChI=1S/C13H17ClN2O2S/c14-10-3-2-6-15-11(10)9-16-7-8-19(17,18)13-5-1-4-12(13)16/h2-3,6,12-13H,1,4-5,7-9H2.